The van der Waals surface area contributed by atoms with E-state index in [1.807, 2.05) is 0 Å². The fourth-order valence-corrected chi connectivity index (χ4v) is 4.49. The second-order valence-electron chi connectivity index (χ2n) is 8.54. The van der Waals surface area contributed by atoms with Gasteiger partial charge in [0.05, 0.1) is 31.0 Å². The molecule has 1 fully saturated rings. The fraction of sp³-hybridized carbons (Fsp3) is 0.462. The molecule has 0 radical (unpaired) electrons. The van der Waals surface area contributed by atoms with Crippen LogP contribution in [0.5, 0.6) is 5.75 Å². The number of likely N-dealkylation sites (tertiary alicyclic amines) is 1. The zero-order chi connectivity index (χ0) is 20.8. The third-order valence-corrected chi connectivity index (χ3v) is 6.18. The van der Waals surface area contributed by atoms with Gasteiger partial charge in [0.1, 0.15) is 12.4 Å². The van der Waals surface area contributed by atoms with Crippen molar-refractivity contribution >= 4 is 5.69 Å². The van der Waals surface area contributed by atoms with E-state index in [0.29, 0.717) is 12.6 Å². The van der Waals surface area contributed by atoms with Crippen LogP contribution in [0.3, 0.4) is 0 Å². The molecular weight excluding hydrogens is 372 g/mol. The van der Waals surface area contributed by atoms with Gasteiger partial charge in [0.15, 0.2) is 0 Å². The van der Waals surface area contributed by atoms with Gasteiger partial charge >= 0.3 is 0 Å². The number of para-hydroxylation sites is 2. The molecule has 2 aliphatic rings. The summed E-state index contributed by atoms with van der Waals surface area (Å²) in [4.78, 5) is 5.15. The maximum Gasteiger partial charge on any atom is 0.142 e. The first-order valence-electron chi connectivity index (χ1n) is 11.2. The van der Waals surface area contributed by atoms with Gasteiger partial charge in [0, 0.05) is 6.54 Å². The van der Waals surface area contributed by atoms with E-state index >= 15 is 0 Å². The third-order valence-electron chi connectivity index (χ3n) is 6.18. The molecule has 4 nitrogen and oxygen atoms in total. The topological polar surface area (TPSA) is 24.9 Å². The Kier molecular flexibility index (Phi) is 7.08. The molecule has 0 spiro atoms. The number of hydrogen-bond acceptors (Lipinski definition) is 4. The molecule has 0 aromatic heterocycles. The van der Waals surface area contributed by atoms with Gasteiger partial charge in [-0.05, 0) is 57.0 Å². The molecule has 2 aromatic rings. The minimum Gasteiger partial charge on any atom is -0.489 e. The molecule has 2 heterocycles. The molecule has 0 amide bonds. The van der Waals surface area contributed by atoms with Gasteiger partial charge in [0.25, 0.3) is 0 Å². The van der Waals surface area contributed by atoms with Crippen molar-refractivity contribution in [1.29, 1.82) is 0 Å². The summed E-state index contributed by atoms with van der Waals surface area (Å²) in [6.07, 6.45) is 3.49. The normalized spacial score (nSPS) is 19.9. The molecular formula is C26H34N2O2. The number of hydrogen-bond donors (Lipinski definition) is 0. The first-order chi connectivity index (χ1) is 14.7. The Bertz CT molecular complexity index is 817. The van der Waals surface area contributed by atoms with E-state index < -0.39 is 0 Å². The zero-order valence-corrected chi connectivity index (χ0v) is 18.1. The molecule has 0 aliphatic carbocycles. The van der Waals surface area contributed by atoms with Gasteiger partial charge in [-0.3, -0.25) is 4.90 Å². The van der Waals surface area contributed by atoms with E-state index in [9.17, 15) is 0 Å². The van der Waals surface area contributed by atoms with E-state index in [4.69, 9.17) is 9.47 Å². The highest BCUT2D eigenvalue weighted by Crippen LogP contribution is 2.39. The Hall–Kier alpha value is -2.30. The van der Waals surface area contributed by atoms with Gasteiger partial charge < -0.3 is 14.4 Å². The molecule has 30 heavy (non-hydrogen) atoms. The lowest BCUT2D eigenvalue weighted by atomic mass is 10.0. The molecule has 2 aromatic carbocycles. The summed E-state index contributed by atoms with van der Waals surface area (Å²) in [5, 5.41) is 0. The van der Waals surface area contributed by atoms with Crippen LogP contribution >= 0.6 is 0 Å². The quantitative estimate of drug-likeness (QED) is 0.429. The number of rotatable bonds is 9. The van der Waals surface area contributed by atoms with Crippen molar-refractivity contribution in [2.45, 2.75) is 38.3 Å². The molecule has 4 rings (SSSR count). The predicted octanol–water partition coefficient (Wildman–Crippen LogP) is 5.07. The number of fused-ring (bicyclic) bond motifs is 1. The van der Waals surface area contributed by atoms with Crippen molar-refractivity contribution in [2.24, 2.45) is 0 Å². The van der Waals surface area contributed by atoms with Crippen LogP contribution in [-0.2, 0) is 4.74 Å². The van der Waals surface area contributed by atoms with E-state index in [1.54, 1.807) is 0 Å². The van der Waals surface area contributed by atoms with Crippen LogP contribution in [0.4, 0.5) is 5.69 Å². The molecule has 160 valence electrons. The Balaban J connectivity index is 1.56. The lowest BCUT2D eigenvalue weighted by molar-refractivity contribution is 0.0712. The molecule has 2 atom stereocenters. The third kappa shape index (κ3) is 5.05. The summed E-state index contributed by atoms with van der Waals surface area (Å²) in [5.74, 6) is 0.980. The van der Waals surface area contributed by atoms with Crippen molar-refractivity contribution in [3.8, 4) is 5.75 Å². The van der Waals surface area contributed by atoms with Crippen molar-refractivity contribution in [3.05, 3.63) is 72.3 Å². The second-order valence-corrected chi connectivity index (χ2v) is 8.54. The minimum atomic E-state index is 0.210. The summed E-state index contributed by atoms with van der Waals surface area (Å²) in [7, 11) is 0. The lowest BCUT2D eigenvalue weighted by Crippen LogP contribution is -2.48. The maximum atomic E-state index is 6.16. The molecule has 2 aliphatic heterocycles. The van der Waals surface area contributed by atoms with Gasteiger partial charge in [0.2, 0.25) is 0 Å². The van der Waals surface area contributed by atoms with Crippen LogP contribution in [0.2, 0.25) is 0 Å². The summed E-state index contributed by atoms with van der Waals surface area (Å²) in [6.45, 7) is 11.5. The number of benzene rings is 2. The molecule has 1 saturated heterocycles. The summed E-state index contributed by atoms with van der Waals surface area (Å²) in [5.41, 5.74) is 3.66. The smallest absolute Gasteiger partial charge is 0.142 e. The van der Waals surface area contributed by atoms with Crippen LogP contribution in [0.1, 0.15) is 37.8 Å². The van der Waals surface area contributed by atoms with Gasteiger partial charge in [-0.25, -0.2) is 0 Å². The van der Waals surface area contributed by atoms with Crippen LogP contribution in [-0.4, -0.2) is 50.4 Å². The Morgan fingerprint density at radius 1 is 1.10 bits per heavy atom. The monoisotopic (exact) mass is 406 g/mol. The van der Waals surface area contributed by atoms with Crippen LogP contribution in [0.15, 0.2) is 66.7 Å². The number of anilines is 1. The second kappa shape index (κ2) is 10.1. The summed E-state index contributed by atoms with van der Waals surface area (Å²) in [6, 6.07) is 19.7. The fourth-order valence-electron chi connectivity index (χ4n) is 4.49. The van der Waals surface area contributed by atoms with Gasteiger partial charge in [-0.1, -0.05) is 48.0 Å². The average molecular weight is 407 g/mol. The SMILES string of the molecule is C=C(C)CCOCC(CN1c2ccccc2OCC1c1ccccc1)N1CCCC1. The van der Waals surface area contributed by atoms with Crippen LogP contribution in [0, 0.1) is 0 Å². The highest BCUT2D eigenvalue weighted by atomic mass is 16.5. The maximum absolute atomic E-state index is 6.16. The largest absolute Gasteiger partial charge is 0.489 e. The van der Waals surface area contributed by atoms with Crippen molar-refractivity contribution in [3.63, 3.8) is 0 Å². The predicted molar refractivity (Wildman–Crippen MR) is 123 cm³/mol. The van der Waals surface area contributed by atoms with Gasteiger partial charge in [-0.2, -0.15) is 0 Å². The lowest BCUT2D eigenvalue weighted by Gasteiger charge is -2.42. The molecule has 0 bridgehead atoms. The molecule has 4 heteroatoms. The van der Waals surface area contributed by atoms with Crippen LogP contribution in [0.25, 0.3) is 0 Å². The molecule has 0 saturated carbocycles. The van der Waals surface area contributed by atoms with Crippen molar-refractivity contribution in [2.75, 3.05) is 44.4 Å². The first-order valence-corrected chi connectivity index (χ1v) is 11.2. The first kappa shape index (κ1) is 21.0. The van der Waals surface area contributed by atoms with E-state index in [-0.39, 0.29) is 6.04 Å². The molecule has 0 N–H and O–H groups in total. The van der Waals surface area contributed by atoms with Gasteiger partial charge in [-0.15, -0.1) is 6.58 Å². The minimum absolute atomic E-state index is 0.210. The number of nitrogens with zero attached hydrogens (tertiary/aromatic N) is 2. The molecule has 2 unspecified atom stereocenters. The zero-order valence-electron chi connectivity index (χ0n) is 18.1. The average Bonchev–Trinajstić information content (AvgIpc) is 3.31. The van der Waals surface area contributed by atoms with E-state index in [0.717, 1.165) is 45.0 Å². The highest BCUT2D eigenvalue weighted by molar-refractivity contribution is 5.61. The number of ether oxygens (including phenoxy) is 2. The Morgan fingerprint density at radius 3 is 2.60 bits per heavy atom. The van der Waals surface area contributed by atoms with E-state index in [2.05, 4.69) is 77.9 Å². The van der Waals surface area contributed by atoms with Crippen molar-refractivity contribution in [1.82, 2.24) is 4.90 Å². The Labute approximate surface area is 181 Å². The highest BCUT2D eigenvalue weighted by Gasteiger charge is 2.33. The van der Waals surface area contributed by atoms with Crippen LogP contribution < -0.4 is 9.64 Å². The standard InChI is InChI=1S/C26H34N2O2/c1-21(2)14-17-29-19-23(27-15-8-9-16-27)18-28-24-12-6-7-13-26(24)30-20-25(28)22-10-4-3-5-11-22/h3-7,10-13,23,25H,1,8-9,14-20H2,2H3. The summed E-state index contributed by atoms with van der Waals surface area (Å²) < 4.78 is 12.3. The summed E-state index contributed by atoms with van der Waals surface area (Å²) >= 11 is 0. The Morgan fingerprint density at radius 2 is 1.83 bits per heavy atom. The van der Waals surface area contributed by atoms with Crippen molar-refractivity contribution < 1.29 is 9.47 Å². The van der Waals surface area contributed by atoms with E-state index in [1.165, 1.54) is 29.7 Å².